The van der Waals surface area contributed by atoms with Gasteiger partial charge in [0.05, 0.1) is 10.4 Å². The lowest BCUT2D eigenvalue weighted by atomic mass is 10.1. The van der Waals surface area contributed by atoms with E-state index in [0.717, 1.165) is 16.5 Å². The molecule has 0 bridgehead atoms. The number of rotatable bonds is 6. The fourth-order valence-electron chi connectivity index (χ4n) is 2.50. The van der Waals surface area contributed by atoms with Crippen molar-refractivity contribution in [2.24, 2.45) is 0 Å². The number of aromatic nitrogens is 1. The summed E-state index contributed by atoms with van der Waals surface area (Å²) in [7, 11) is 0. The van der Waals surface area contributed by atoms with Gasteiger partial charge in [-0.25, -0.2) is 4.39 Å². The SMILES string of the molecule is O=C(O)CCCC(=O)c1cc(-c2c[nH]c3c(F)cccc23)cs1. The van der Waals surface area contributed by atoms with E-state index in [1.165, 1.54) is 17.4 Å². The Balaban J connectivity index is 1.82. The standard InChI is InChI=1S/C17H14FNO3S/c18-13-4-1-3-11-12(8-19-17(11)13)10-7-15(23-9-10)14(20)5-2-6-16(21)22/h1,3-4,7-9,19H,2,5-6H2,(H,21,22). The van der Waals surface area contributed by atoms with Crippen LogP contribution in [0.3, 0.4) is 0 Å². The number of carbonyl (C=O) groups excluding carboxylic acids is 1. The maximum atomic E-state index is 13.7. The molecule has 0 saturated carbocycles. The van der Waals surface area contributed by atoms with E-state index < -0.39 is 5.97 Å². The topological polar surface area (TPSA) is 70.2 Å². The number of Topliss-reactive ketones (excluding diaryl/α,β-unsaturated/α-hetero) is 1. The summed E-state index contributed by atoms with van der Waals surface area (Å²) in [5.74, 6) is -1.27. The molecule has 2 heterocycles. The normalized spacial score (nSPS) is 11.0. The second-order valence-electron chi connectivity index (χ2n) is 5.23. The number of carbonyl (C=O) groups is 2. The van der Waals surface area contributed by atoms with Crippen LogP contribution in [0.5, 0.6) is 0 Å². The van der Waals surface area contributed by atoms with E-state index >= 15 is 0 Å². The molecule has 2 aromatic heterocycles. The summed E-state index contributed by atoms with van der Waals surface area (Å²) in [6.45, 7) is 0. The number of carboxylic acids is 1. The molecule has 0 spiro atoms. The van der Waals surface area contributed by atoms with Crippen molar-refractivity contribution in [1.29, 1.82) is 0 Å². The number of hydrogen-bond donors (Lipinski definition) is 2. The van der Waals surface area contributed by atoms with Crippen molar-refractivity contribution >= 4 is 34.0 Å². The molecule has 3 rings (SSSR count). The largest absolute Gasteiger partial charge is 0.481 e. The first-order valence-corrected chi connectivity index (χ1v) is 8.03. The Morgan fingerprint density at radius 2 is 2.09 bits per heavy atom. The molecule has 0 atom stereocenters. The summed E-state index contributed by atoms with van der Waals surface area (Å²) in [5.41, 5.74) is 2.15. The van der Waals surface area contributed by atoms with Gasteiger partial charge in [0.2, 0.25) is 0 Å². The predicted molar refractivity (Wildman–Crippen MR) is 87.4 cm³/mol. The van der Waals surface area contributed by atoms with Gasteiger partial charge in [-0.15, -0.1) is 11.3 Å². The van der Waals surface area contributed by atoms with Crippen molar-refractivity contribution in [3.8, 4) is 11.1 Å². The van der Waals surface area contributed by atoms with Gasteiger partial charge >= 0.3 is 5.97 Å². The maximum absolute atomic E-state index is 13.7. The van der Waals surface area contributed by atoms with Gasteiger partial charge in [-0.1, -0.05) is 12.1 Å². The molecule has 0 aliphatic carbocycles. The van der Waals surface area contributed by atoms with Crippen LogP contribution in [0, 0.1) is 5.82 Å². The van der Waals surface area contributed by atoms with Crippen LogP contribution in [0.25, 0.3) is 22.0 Å². The molecule has 4 nitrogen and oxygen atoms in total. The minimum atomic E-state index is -0.898. The number of halogens is 1. The second kappa shape index (κ2) is 6.34. The van der Waals surface area contributed by atoms with Crippen LogP contribution in [0.1, 0.15) is 28.9 Å². The number of para-hydroxylation sites is 1. The molecule has 1 aromatic carbocycles. The first kappa shape index (κ1) is 15.4. The Labute approximate surface area is 135 Å². The number of carboxylic acid groups (broad SMARTS) is 1. The summed E-state index contributed by atoms with van der Waals surface area (Å²) < 4.78 is 13.7. The molecule has 0 saturated heterocycles. The van der Waals surface area contributed by atoms with Gasteiger partial charge in [0.15, 0.2) is 5.78 Å². The molecule has 118 valence electrons. The fraction of sp³-hybridized carbons (Fsp3) is 0.176. The van der Waals surface area contributed by atoms with E-state index in [9.17, 15) is 14.0 Å². The molecule has 0 aliphatic heterocycles. The average molecular weight is 331 g/mol. The second-order valence-corrected chi connectivity index (χ2v) is 6.15. The average Bonchev–Trinajstić information content (AvgIpc) is 3.13. The number of fused-ring (bicyclic) bond motifs is 1. The monoisotopic (exact) mass is 331 g/mol. The summed E-state index contributed by atoms with van der Waals surface area (Å²) in [6.07, 6.45) is 2.27. The van der Waals surface area contributed by atoms with Crippen molar-refractivity contribution in [2.75, 3.05) is 0 Å². The lowest BCUT2D eigenvalue weighted by Crippen LogP contribution is -1.99. The molecular weight excluding hydrogens is 317 g/mol. The Kier molecular flexibility index (Phi) is 4.25. The van der Waals surface area contributed by atoms with Gasteiger partial charge in [0.1, 0.15) is 5.82 Å². The number of nitrogens with one attached hydrogen (secondary N) is 1. The number of H-pyrrole nitrogens is 1. The van der Waals surface area contributed by atoms with Crippen molar-refractivity contribution < 1.29 is 19.1 Å². The highest BCUT2D eigenvalue weighted by atomic mass is 32.1. The Hall–Kier alpha value is -2.47. The molecule has 6 heteroatoms. The van der Waals surface area contributed by atoms with Gasteiger partial charge < -0.3 is 10.1 Å². The van der Waals surface area contributed by atoms with Crippen molar-refractivity contribution in [1.82, 2.24) is 4.98 Å². The highest BCUT2D eigenvalue weighted by molar-refractivity contribution is 7.12. The van der Waals surface area contributed by atoms with Crippen LogP contribution in [-0.2, 0) is 4.79 Å². The molecule has 2 N–H and O–H groups in total. The zero-order chi connectivity index (χ0) is 16.4. The minimum absolute atomic E-state index is 0.00824. The zero-order valence-corrected chi connectivity index (χ0v) is 13.0. The Morgan fingerprint density at radius 3 is 2.87 bits per heavy atom. The third-order valence-corrected chi connectivity index (χ3v) is 4.62. The Bertz CT molecular complexity index is 881. The number of aliphatic carboxylic acids is 1. The maximum Gasteiger partial charge on any atom is 0.303 e. The van der Waals surface area contributed by atoms with E-state index in [2.05, 4.69) is 4.98 Å². The van der Waals surface area contributed by atoms with Gasteiger partial charge in [0, 0.05) is 30.0 Å². The van der Waals surface area contributed by atoms with Crippen LogP contribution >= 0.6 is 11.3 Å². The van der Waals surface area contributed by atoms with E-state index in [1.807, 2.05) is 11.4 Å². The van der Waals surface area contributed by atoms with Crippen LogP contribution in [0.4, 0.5) is 4.39 Å². The molecule has 0 unspecified atom stereocenters. The quantitative estimate of drug-likeness (QED) is 0.655. The number of ketones is 1. The number of thiophene rings is 1. The molecule has 0 fully saturated rings. The van der Waals surface area contributed by atoms with Crippen molar-refractivity contribution in [2.45, 2.75) is 19.3 Å². The molecule has 0 aliphatic rings. The van der Waals surface area contributed by atoms with Gasteiger partial charge in [0.25, 0.3) is 0 Å². The van der Waals surface area contributed by atoms with E-state index in [0.29, 0.717) is 16.8 Å². The lowest BCUT2D eigenvalue weighted by Gasteiger charge is -1.97. The smallest absolute Gasteiger partial charge is 0.303 e. The molecule has 0 amide bonds. The lowest BCUT2D eigenvalue weighted by molar-refractivity contribution is -0.137. The molecular formula is C17H14FNO3S. The third-order valence-electron chi connectivity index (χ3n) is 3.64. The van der Waals surface area contributed by atoms with Gasteiger partial charge in [-0.2, -0.15) is 0 Å². The van der Waals surface area contributed by atoms with Crippen LogP contribution < -0.4 is 0 Å². The zero-order valence-electron chi connectivity index (χ0n) is 12.1. The summed E-state index contributed by atoms with van der Waals surface area (Å²) >= 11 is 1.32. The van der Waals surface area contributed by atoms with Crippen LogP contribution in [0.2, 0.25) is 0 Å². The number of aromatic amines is 1. The third kappa shape index (κ3) is 3.17. The Morgan fingerprint density at radius 1 is 1.26 bits per heavy atom. The summed E-state index contributed by atoms with van der Waals surface area (Å²) in [4.78, 5) is 26.1. The minimum Gasteiger partial charge on any atom is -0.481 e. The van der Waals surface area contributed by atoms with Gasteiger partial charge in [-0.3, -0.25) is 9.59 Å². The predicted octanol–water partition coefficient (Wildman–Crippen LogP) is 4.47. The van der Waals surface area contributed by atoms with Gasteiger partial charge in [-0.05, 0) is 29.5 Å². The van der Waals surface area contributed by atoms with E-state index in [1.54, 1.807) is 18.3 Å². The highest BCUT2D eigenvalue weighted by Gasteiger charge is 2.14. The fourth-order valence-corrected chi connectivity index (χ4v) is 3.38. The van der Waals surface area contributed by atoms with E-state index in [-0.39, 0.29) is 24.4 Å². The van der Waals surface area contributed by atoms with E-state index in [4.69, 9.17) is 5.11 Å². The van der Waals surface area contributed by atoms with Crippen LogP contribution in [0.15, 0.2) is 35.8 Å². The first-order chi connectivity index (χ1) is 11.1. The summed E-state index contributed by atoms with van der Waals surface area (Å²) in [5, 5.41) is 11.2. The van der Waals surface area contributed by atoms with Crippen LogP contribution in [-0.4, -0.2) is 21.8 Å². The highest BCUT2D eigenvalue weighted by Crippen LogP contribution is 2.33. The summed E-state index contributed by atoms with van der Waals surface area (Å²) in [6, 6.07) is 6.66. The van der Waals surface area contributed by atoms with Crippen molar-refractivity contribution in [3.63, 3.8) is 0 Å². The molecule has 23 heavy (non-hydrogen) atoms. The molecule has 0 radical (unpaired) electrons. The number of benzene rings is 1. The number of hydrogen-bond acceptors (Lipinski definition) is 3. The first-order valence-electron chi connectivity index (χ1n) is 7.16. The van der Waals surface area contributed by atoms with Crippen molar-refractivity contribution in [3.05, 3.63) is 46.5 Å². The molecule has 3 aromatic rings.